The molecule has 24 heavy (non-hydrogen) atoms. The fourth-order valence-electron chi connectivity index (χ4n) is 2.88. The lowest BCUT2D eigenvalue weighted by molar-refractivity contribution is 0.190. The SMILES string of the molecule is CC[C@@H](c1ccncc1)N(CC)C(=O)Nc1ccccc1N(C)C. The molecule has 0 aliphatic rings. The summed E-state index contributed by atoms with van der Waals surface area (Å²) in [6.07, 6.45) is 4.39. The summed E-state index contributed by atoms with van der Waals surface area (Å²) in [5.41, 5.74) is 2.90. The molecule has 5 nitrogen and oxygen atoms in total. The number of urea groups is 1. The molecule has 0 fully saturated rings. The number of aromatic nitrogens is 1. The monoisotopic (exact) mass is 326 g/mol. The van der Waals surface area contributed by atoms with Gasteiger partial charge in [-0.05, 0) is 43.2 Å². The highest BCUT2D eigenvalue weighted by Crippen LogP contribution is 2.27. The second-order valence-corrected chi connectivity index (χ2v) is 5.83. The van der Waals surface area contributed by atoms with Gasteiger partial charge >= 0.3 is 6.03 Å². The highest BCUT2D eigenvalue weighted by Gasteiger charge is 2.23. The van der Waals surface area contributed by atoms with Crippen molar-refractivity contribution in [3.8, 4) is 0 Å². The van der Waals surface area contributed by atoms with E-state index in [1.54, 1.807) is 12.4 Å². The van der Waals surface area contributed by atoms with Gasteiger partial charge in [0.1, 0.15) is 0 Å². The zero-order valence-corrected chi connectivity index (χ0v) is 14.9. The lowest BCUT2D eigenvalue weighted by Crippen LogP contribution is -2.38. The van der Waals surface area contributed by atoms with Crippen molar-refractivity contribution in [2.24, 2.45) is 0 Å². The van der Waals surface area contributed by atoms with Crippen molar-refractivity contribution in [2.45, 2.75) is 26.3 Å². The normalized spacial score (nSPS) is 11.7. The van der Waals surface area contributed by atoms with E-state index >= 15 is 0 Å². The summed E-state index contributed by atoms with van der Waals surface area (Å²) in [7, 11) is 3.93. The Bertz CT molecular complexity index is 657. The first-order valence-electron chi connectivity index (χ1n) is 8.32. The van der Waals surface area contributed by atoms with Crippen LogP contribution in [0.2, 0.25) is 0 Å². The highest BCUT2D eigenvalue weighted by atomic mass is 16.2. The Kier molecular flexibility index (Phi) is 6.18. The van der Waals surface area contributed by atoms with E-state index in [0.29, 0.717) is 6.54 Å². The fourth-order valence-corrected chi connectivity index (χ4v) is 2.88. The van der Waals surface area contributed by atoms with Crippen molar-refractivity contribution < 1.29 is 4.79 Å². The number of benzene rings is 1. The molecule has 0 spiro atoms. The van der Waals surface area contributed by atoms with Crippen LogP contribution in [-0.2, 0) is 0 Å². The smallest absolute Gasteiger partial charge is 0.322 e. The van der Waals surface area contributed by atoms with E-state index in [1.807, 2.05) is 67.2 Å². The molecule has 0 saturated heterocycles. The first-order valence-corrected chi connectivity index (χ1v) is 8.32. The van der Waals surface area contributed by atoms with E-state index in [0.717, 1.165) is 23.4 Å². The predicted molar refractivity (Wildman–Crippen MR) is 99.4 cm³/mol. The molecule has 1 N–H and O–H groups in total. The Balaban J connectivity index is 2.23. The molecule has 0 bridgehead atoms. The Labute approximate surface area is 144 Å². The molecule has 1 aromatic heterocycles. The molecule has 1 aromatic carbocycles. The van der Waals surface area contributed by atoms with Gasteiger partial charge < -0.3 is 15.1 Å². The molecule has 128 valence electrons. The summed E-state index contributed by atoms with van der Waals surface area (Å²) in [5, 5.41) is 3.06. The minimum atomic E-state index is -0.0875. The summed E-state index contributed by atoms with van der Waals surface area (Å²) in [4.78, 5) is 20.8. The number of nitrogens with zero attached hydrogens (tertiary/aromatic N) is 3. The number of anilines is 2. The van der Waals surface area contributed by atoms with Crippen LogP contribution in [0.25, 0.3) is 0 Å². The van der Waals surface area contributed by atoms with Gasteiger partial charge in [-0.2, -0.15) is 0 Å². The molecule has 2 rings (SSSR count). The lowest BCUT2D eigenvalue weighted by Gasteiger charge is -2.31. The minimum Gasteiger partial charge on any atom is -0.376 e. The van der Waals surface area contributed by atoms with Crippen molar-refractivity contribution in [1.29, 1.82) is 0 Å². The zero-order chi connectivity index (χ0) is 17.5. The summed E-state index contributed by atoms with van der Waals surface area (Å²) in [6, 6.07) is 11.7. The topological polar surface area (TPSA) is 48.5 Å². The van der Waals surface area contributed by atoms with Gasteiger partial charge in [-0.1, -0.05) is 19.1 Å². The van der Waals surface area contributed by atoms with Crippen LogP contribution in [0.1, 0.15) is 31.9 Å². The van der Waals surface area contributed by atoms with Gasteiger partial charge in [-0.3, -0.25) is 4.98 Å². The molecule has 0 unspecified atom stereocenters. The molecule has 1 atom stereocenters. The van der Waals surface area contributed by atoms with Crippen LogP contribution in [0.4, 0.5) is 16.2 Å². The van der Waals surface area contributed by atoms with Crippen molar-refractivity contribution in [3.63, 3.8) is 0 Å². The Morgan fingerprint density at radius 2 is 1.79 bits per heavy atom. The number of hydrogen-bond acceptors (Lipinski definition) is 3. The van der Waals surface area contributed by atoms with Crippen molar-refractivity contribution in [2.75, 3.05) is 30.9 Å². The standard InChI is InChI=1S/C19H26N4O/c1-5-17(15-11-13-20-14-12-15)23(6-2)19(24)21-16-9-7-8-10-18(16)22(3)4/h7-14,17H,5-6H2,1-4H3,(H,21,24)/t17-/m0/s1. The molecule has 1 heterocycles. The quantitative estimate of drug-likeness (QED) is 0.867. The number of nitrogens with one attached hydrogen (secondary N) is 1. The highest BCUT2D eigenvalue weighted by molar-refractivity contribution is 5.93. The Morgan fingerprint density at radius 1 is 1.12 bits per heavy atom. The van der Waals surface area contributed by atoms with Gasteiger partial charge in [-0.25, -0.2) is 4.79 Å². The number of pyridine rings is 1. The molecule has 0 saturated carbocycles. The van der Waals surface area contributed by atoms with Gasteiger partial charge in [0.25, 0.3) is 0 Å². The summed E-state index contributed by atoms with van der Waals surface area (Å²) >= 11 is 0. The number of amides is 2. The Hall–Kier alpha value is -2.56. The molecule has 0 aliphatic carbocycles. The van der Waals surface area contributed by atoms with Crippen LogP contribution in [0, 0.1) is 0 Å². The zero-order valence-electron chi connectivity index (χ0n) is 14.9. The maximum Gasteiger partial charge on any atom is 0.322 e. The van der Waals surface area contributed by atoms with Crippen LogP contribution < -0.4 is 10.2 Å². The number of carbonyl (C=O) groups is 1. The molecule has 0 aliphatic heterocycles. The van der Waals surface area contributed by atoms with E-state index < -0.39 is 0 Å². The van der Waals surface area contributed by atoms with Crippen LogP contribution in [0.15, 0.2) is 48.8 Å². The van der Waals surface area contributed by atoms with Crippen LogP contribution in [0.3, 0.4) is 0 Å². The second-order valence-electron chi connectivity index (χ2n) is 5.83. The van der Waals surface area contributed by atoms with E-state index in [1.165, 1.54) is 0 Å². The predicted octanol–water partition coefficient (Wildman–Crippen LogP) is 4.15. The average molecular weight is 326 g/mol. The van der Waals surface area contributed by atoms with Gasteiger partial charge in [0, 0.05) is 33.0 Å². The fraction of sp³-hybridized carbons (Fsp3) is 0.368. The average Bonchev–Trinajstić information content (AvgIpc) is 2.60. The van der Waals surface area contributed by atoms with E-state index in [4.69, 9.17) is 0 Å². The number of carbonyl (C=O) groups excluding carboxylic acids is 1. The third-order valence-corrected chi connectivity index (χ3v) is 4.08. The third-order valence-electron chi connectivity index (χ3n) is 4.08. The van der Waals surface area contributed by atoms with Gasteiger partial charge in [0.2, 0.25) is 0 Å². The van der Waals surface area contributed by atoms with Crippen LogP contribution in [0.5, 0.6) is 0 Å². The van der Waals surface area contributed by atoms with Gasteiger partial charge in [0.05, 0.1) is 17.4 Å². The second kappa shape index (κ2) is 8.34. The van der Waals surface area contributed by atoms with Gasteiger partial charge in [-0.15, -0.1) is 0 Å². The van der Waals surface area contributed by atoms with Gasteiger partial charge in [0.15, 0.2) is 0 Å². The van der Waals surface area contributed by atoms with Crippen LogP contribution in [-0.4, -0.2) is 36.6 Å². The number of rotatable bonds is 6. The van der Waals surface area contributed by atoms with Crippen molar-refractivity contribution in [3.05, 3.63) is 54.4 Å². The summed E-state index contributed by atoms with van der Waals surface area (Å²) in [5.74, 6) is 0. The van der Waals surface area contributed by atoms with Crippen molar-refractivity contribution >= 4 is 17.4 Å². The van der Waals surface area contributed by atoms with E-state index in [9.17, 15) is 4.79 Å². The van der Waals surface area contributed by atoms with E-state index in [2.05, 4.69) is 17.2 Å². The maximum atomic E-state index is 12.9. The largest absolute Gasteiger partial charge is 0.376 e. The molecule has 2 amide bonds. The first-order chi connectivity index (χ1) is 11.6. The minimum absolute atomic E-state index is 0.0320. The number of hydrogen-bond donors (Lipinski definition) is 1. The van der Waals surface area contributed by atoms with E-state index in [-0.39, 0.29) is 12.1 Å². The summed E-state index contributed by atoms with van der Waals surface area (Å²) in [6.45, 7) is 4.73. The molecular weight excluding hydrogens is 300 g/mol. The summed E-state index contributed by atoms with van der Waals surface area (Å²) < 4.78 is 0. The van der Waals surface area contributed by atoms with Crippen LogP contribution >= 0.6 is 0 Å². The van der Waals surface area contributed by atoms with Crippen molar-refractivity contribution in [1.82, 2.24) is 9.88 Å². The lowest BCUT2D eigenvalue weighted by atomic mass is 10.0. The maximum absolute atomic E-state index is 12.9. The third kappa shape index (κ3) is 4.04. The number of para-hydroxylation sites is 2. The first kappa shape index (κ1) is 17.8. The Morgan fingerprint density at radius 3 is 2.38 bits per heavy atom. The molecular formula is C19H26N4O. The molecule has 5 heteroatoms. The molecule has 0 radical (unpaired) electrons. The molecule has 2 aromatic rings.